The first-order valence-corrected chi connectivity index (χ1v) is 17.9. The lowest BCUT2D eigenvalue weighted by molar-refractivity contribution is 0.766. The van der Waals surface area contributed by atoms with E-state index in [1.54, 1.807) is 4.80 Å². The minimum atomic E-state index is 0.593. The van der Waals surface area contributed by atoms with Crippen LogP contribution in [-0.2, 0) is 0 Å². The minimum Gasteiger partial charge on any atom is -0.354 e. The minimum absolute atomic E-state index is 0.593. The van der Waals surface area contributed by atoms with E-state index in [9.17, 15) is 0 Å². The summed E-state index contributed by atoms with van der Waals surface area (Å²) in [6, 6.07) is 58.4. The third-order valence-electron chi connectivity index (χ3n) is 10.2. The van der Waals surface area contributed by atoms with Gasteiger partial charge in [0, 0.05) is 43.9 Å². The first-order valence-electron chi connectivity index (χ1n) is 17.9. The molecule has 7 nitrogen and oxygen atoms in total. The fourth-order valence-electron chi connectivity index (χ4n) is 7.64. The van der Waals surface area contributed by atoms with Crippen LogP contribution in [0, 0.1) is 0 Å². The third kappa shape index (κ3) is 4.94. The Morgan fingerprint density at radius 1 is 0.407 bits per heavy atom. The molecule has 0 saturated carbocycles. The number of hydrogen-bond donors (Lipinski definition) is 1. The normalized spacial score (nSPS) is 11.7. The van der Waals surface area contributed by atoms with E-state index in [1.807, 2.05) is 42.5 Å². The number of nitrogens with zero attached hydrogens (tertiary/aromatic N) is 6. The topological polar surface area (TPSA) is 85.2 Å². The molecule has 0 aliphatic heterocycles. The zero-order valence-electron chi connectivity index (χ0n) is 28.8. The summed E-state index contributed by atoms with van der Waals surface area (Å²) in [5.74, 6) is 1.81. The zero-order chi connectivity index (χ0) is 35.6. The highest BCUT2D eigenvalue weighted by Crippen LogP contribution is 2.37. The first kappa shape index (κ1) is 30.1. The van der Waals surface area contributed by atoms with Crippen LogP contribution in [0.2, 0.25) is 0 Å². The number of hydrogen-bond acceptors (Lipinski definition) is 5. The summed E-state index contributed by atoms with van der Waals surface area (Å²) < 4.78 is 0. The summed E-state index contributed by atoms with van der Waals surface area (Å²) in [6.07, 6.45) is 0. The van der Waals surface area contributed by atoms with Gasteiger partial charge in [-0.05, 0) is 69.8 Å². The Morgan fingerprint density at radius 3 is 1.93 bits per heavy atom. The summed E-state index contributed by atoms with van der Waals surface area (Å²) in [6.45, 7) is 0. The molecule has 7 heteroatoms. The van der Waals surface area contributed by atoms with Gasteiger partial charge < -0.3 is 4.98 Å². The van der Waals surface area contributed by atoms with Crippen molar-refractivity contribution in [2.75, 3.05) is 0 Å². The Balaban J connectivity index is 1.15. The van der Waals surface area contributed by atoms with Gasteiger partial charge in [0.15, 0.2) is 17.5 Å². The molecule has 0 fully saturated rings. The molecule has 3 aromatic heterocycles. The zero-order valence-corrected chi connectivity index (χ0v) is 28.8. The van der Waals surface area contributed by atoms with Gasteiger partial charge in [-0.15, -0.1) is 10.2 Å². The first-order chi connectivity index (χ1) is 26.7. The second-order valence-electron chi connectivity index (χ2n) is 13.5. The molecule has 0 saturated heterocycles. The molecule has 0 aliphatic rings. The standard InChI is InChI=1S/C47H29N7/c1-3-11-29(12-4-1)32-13-9-14-33(27-32)45-49-46(51-47(50-45)37-18-10-20-40-43(37)36-17-7-8-19-39(36)48-40)34-24-22-30-21-23-31-25-26-41-44(42(31)38(30)28-34)53-54(52-41)35-15-5-2-6-16-35/h1-28,48H. The highest BCUT2D eigenvalue weighted by molar-refractivity contribution is 6.19. The number of benzene rings is 8. The van der Waals surface area contributed by atoms with Gasteiger partial charge in [-0.2, -0.15) is 4.80 Å². The average molecular weight is 692 g/mol. The molecular weight excluding hydrogens is 663 g/mol. The van der Waals surface area contributed by atoms with Crippen LogP contribution < -0.4 is 0 Å². The van der Waals surface area contributed by atoms with Gasteiger partial charge in [0.1, 0.15) is 11.0 Å². The summed E-state index contributed by atoms with van der Waals surface area (Å²) >= 11 is 0. The number of aromatic amines is 1. The van der Waals surface area contributed by atoms with Crippen LogP contribution in [0.3, 0.4) is 0 Å². The molecule has 0 atom stereocenters. The Morgan fingerprint density at radius 2 is 1.06 bits per heavy atom. The summed E-state index contributed by atoms with van der Waals surface area (Å²) in [4.78, 5) is 20.9. The van der Waals surface area contributed by atoms with Crippen LogP contribution in [0.25, 0.3) is 105 Å². The number of aromatic nitrogens is 7. The molecule has 0 spiro atoms. The SMILES string of the molecule is c1ccc(-c2cccc(-c3nc(-c4ccc5ccc6ccc7nn(-c8ccccc8)nc7c6c5c4)nc(-c4cccc5[nH]c6ccccc6c45)n3)c2)cc1. The Kier molecular flexibility index (Phi) is 6.72. The maximum absolute atomic E-state index is 5.24. The summed E-state index contributed by atoms with van der Waals surface area (Å²) in [7, 11) is 0. The van der Waals surface area contributed by atoms with Crippen LogP contribution in [-0.4, -0.2) is 34.9 Å². The molecule has 11 aromatic rings. The van der Waals surface area contributed by atoms with Crippen LogP contribution in [0.4, 0.5) is 0 Å². The van der Waals surface area contributed by atoms with E-state index in [2.05, 4.69) is 132 Å². The molecule has 0 bridgehead atoms. The van der Waals surface area contributed by atoms with Gasteiger partial charge in [-0.1, -0.05) is 127 Å². The van der Waals surface area contributed by atoms with E-state index >= 15 is 0 Å². The van der Waals surface area contributed by atoms with Crippen molar-refractivity contribution in [1.82, 2.24) is 34.9 Å². The van der Waals surface area contributed by atoms with Crippen LogP contribution in [0.1, 0.15) is 0 Å². The lowest BCUT2D eigenvalue weighted by Crippen LogP contribution is -2.00. The maximum Gasteiger partial charge on any atom is 0.164 e. The molecule has 0 aliphatic carbocycles. The van der Waals surface area contributed by atoms with Gasteiger partial charge >= 0.3 is 0 Å². The largest absolute Gasteiger partial charge is 0.354 e. The van der Waals surface area contributed by atoms with Gasteiger partial charge in [0.25, 0.3) is 0 Å². The lowest BCUT2D eigenvalue weighted by atomic mass is 9.98. The molecule has 3 heterocycles. The quantitative estimate of drug-likeness (QED) is 0.182. The maximum atomic E-state index is 5.24. The molecule has 11 rings (SSSR count). The number of H-pyrrole nitrogens is 1. The predicted molar refractivity (Wildman–Crippen MR) is 218 cm³/mol. The van der Waals surface area contributed by atoms with E-state index in [4.69, 9.17) is 25.1 Å². The van der Waals surface area contributed by atoms with Crippen LogP contribution in [0.5, 0.6) is 0 Å². The second-order valence-corrected chi connectivity index (χ2v) is 13.5. The molecule has 0 amide bonds. The Bertz CT molecular complexity index is 3220. The lowest BCUT2D eigenvalue weighted by Gasteiger charge is -2.11. The van der Waals surface area contributed by atoms with E-state index in [0.29, 0.717) is 17.5 Å². The highest BCUT2D eigenvalue weighted by Gasteiger charge is 2.18. The molecule has 8 aromatic carbocycles. The van der Waals surface area contributed by atoms with Crippen molar-refractivity contribution < 1.29 is 0 Å². The average Bonchev–Trinajstić information content (AvgIpc) is 3.86. The number of nitrogens with one attached hydrogen (secondary N) is 1. The van der Waals surface area contributed by atoms with Gasteiger partial charge in [0.05, 0.1) is 5.69 Å². The van der Waals surface area contributed by atoms with Crippen molar-refractivity contribution in [3.63, 3.8) is 0 Å². The van der Waals surface area contributed by atoms with E-state index in [0.717, 1.165) is 87.9 Å². The van der Waals surface area contributed by atoms with Crippen LogP contribution in [0.15, 0.2) is 170 Å². The fraction of sp³-hybridized carbons (Fsp3) is 0. The van der Waals surface area contributed by atoms with Gasteiger partial charge in [0.2, 0.25) is 0 Å². The Hall–Kier alpha value is -7.51. The monoisotopic (exact) mass is 691 g/mol. The van der Waals surface area contributed by atoms with Crippen molar-refractivity contribution in [1.29, 1.82) is 0 Å². The van der Waals surface area contributed by atoms with Gasteiger partial charge in [-0.3, -0.25) is 0 Å². The third-order valence-corrected chi connectivity index (χ3v) is 10.2. The van der Waals surface area contributed by atoms with Crippen molar-refractivity contribution >= 4 is 54.4 Å². The number of para-hydroxylation sites is 2. The number of rotatable bonds is 5. The van der Waals surface area contributed by atoms with Crippen molar-refractivity contribution in [2.45, 2.75) is 0 Å². The van der Waals surface area contributed by atoms with Gasteiger partial charge in [-0.25, -0.2) is 15.0 Å². The number of fused-ring (bicyclic) bond motifs is 8. The smallest absolute Gasteiger partial charge is 0.164 e. The van der Waals surface area contributed by atoms with E-state index in [1.165, 1.54) is 0 Å². The highest BCUT2D eigenvalue weighted by atomic mass is 15.5. The summed E-state index contributed by atoms with van der Waals surface area (Å²) in [5, 5.41) is 16.4. The molecule has 1 N–H and O–H groups in total. The molecular formula is C47H29N7. The van der Waals surface area contributed by atoms with Crippen molar-refractivity contribution in [2.24, 2.45) is 0 Å². The fourth-order valence-corrected chi connectivity index (χ4v) is 7.64. The molecule has 54 heavy (non-hydrogen) atoms. The predicted octanol–water partition coefficient (Wildman–Crippen LogP) is 11.2. The van der Waals surface area contributed by atoms with Crippen LogP contribution >= 0.6 is 0 Å². The van der Waals surface area contributed by atoms with E-state index < -0.39 is 0 Å². The molecule has 0 radical (unpaired) electrons. The second kappa shape index (κ2) is 12.0. The van der Waals surface area contributed by atoms with Crippen molar-refractivity contribution in [3.05, 3.63) is 170 Å². The molecule has 252 valence electrons. The Labute approximate surface area is 309 Å². The van der Waals surface area contributed by atoms with Crippen molar-refractivity contribution in [3.8, 4) is 51.0 Å². The van der Waals surface area contributed by atoms with E-state index in [-0.39, 0.29) is 0 Å². The molecule has 0 unspecified atom stereocenters. The summed E-state index contributed by atoms with van der Waals surface area (Å²) in [5.41, 5.74) is 9.67.